The molecule has 0 bridgehead atoms. The Hall–Kier alpha value is -1.53. The third kappa shape index (κ3) is 2.61. The van der Waals surface area contributed by atoms with Crippen molar-refractivity contribution in [1.82, 2.24) is 0 Å². The molecule has 2 nitrogen and oxygen atoms in total. The van der Waals surface area contributed by atoms with Crippen molar-refractivity contribution in [3.8, 4) is 11.5 Å². The van der Waals surface area contributed by atoms with Crippen LogP contribution in [0.2, 0.25) is 19.6 Å². The van der Waals surface area contributed by atoms with Crippen LogP contribution in [-0.2, 0) is 21.4 Å². The second kappa shape index (κ2) is 5.28. The molecular formula is C19H24O2Si. The van der Waals surface area contributed by atoms with Gasteiger partial charge in [0.05, 0.1) is 12.0 Å². The van der Waals surface area contributed by atoms with Crippen molar-refractivity contribution in [3.63, 3.8) is 0 Å². The second-order valence-electron chi connectivity index (χ2n) is 7.50. The van der Waals surface area contributed by atoms with Crippen molar-refractivity contribution in [1.29, 1.82) is 0 Å². The van der Waals surface area contributed by atoms with E-state index in [1.807, 2.05) is 6.92 Å². The molecule has 1 aromatic rings. The Morgan fingerprint density at radius 2 is 2.18 bits per heavy atom. The predicted molar refractivity (Wildman–Crippen MR) is 91.4 cm³/mol. The van der Waals surface area contributed by atoms with Gasteiger partial charge in [-0.05, 0) is 55.4 Å². The van der Waals surface area contributed by atoms with Crippen LogP contribution < -0.4 is 0 Å². The van der Waals surface area contributed by atoms with Gasteiger partial charge in [0.1, 0.15) is 8.07 Å². The van der Waals surface area contributed by atoms with Crippen LogP contribution >= 0.6 is 0 Å². The molecule has 1 saturated carbocycles. The minimum atomic E-state index is -1.36. The normalized spacial score (nSPS) is 25.4. The molecule has 2 unspecified atom stereocenters. The second-order valence-corrected chi connectivity index (χ2v) is 12.3. The van der Waals surface area contributed by atoms with Crippen molar-refractivity contribution in [2.75, 3.05) is 6.61 Å². The lowest BCUT2D eigenvalue weighted by Gasteiger charge is -2.24. The van der Waals surface area contributed by atoms with E-state index in [4.69, 9.17) is 4.74 Å². The van der Waals surface area contributed by atoms with Gasteiger partial charge in [-0.1, -0.05) is 31.6 Å². The smallest absolute Gasteiger partial charge is 0.316 e. The van der Waals surface area contributed by atoms with E-state index in [0.717, 1.165) is 24.8 Å². The maximum atomic E-state index is 12.4. The minimum Gasteiger partial charge on any atom is -0.465 e. The van der Waals surface area contributed by atoms with Gasteiger partial charge < -0.3 is 4.74 Å². The van der Waals surface area contributed by atoms with Crippen molar-refractivity contribution in [3.05, 3.63) is 34.9 Å². The molecule has 2 atom stereocenters. The summed E-state index contributed by atoms with van der Waals surface area (Å²) < 4.78 is 5.34. The van der Waals surface area contributed by atoms with Crippen LogP contribution in [0, 0.1) is 17.4 Å². The highest BCUT2D eigenvalue weighted by Crippen LogP contribution is 2.60. The molecule has 2 aliphatic carbocycles. The topological polar surface area (TPSA) is 26.3 Å². The number of ether oxygens (including phenoxy) is 1. The van der Waals surface area contributed by atoms with Gasteiger partial charge in [-0.2, -0.15) is 0 Å². The molecule has 1 aromatic carbocycles. The number of esters is 1. The lowest BCUT2D eigenvalue weighted by atomic mass is 9.81. The van der Waals surface area contributed by atoms with Gasteiger partial charge in [0.25, 0.3) is 0 Å². The Balaban J connectivity index is 1.94. The average molecular weight is 312 g/mol. The van der Waals surface area contributed by atoms with Gasteiger partial charge in [0.2, 0.25) is 0 Å². The standard InChI is InChI=1S/C19H24O2Si/c1-5-21-18(20)19-13-16(19)8-7-15-12-14(6-9-17(15)19)10-11-22(2,3)4/h6,9,12,16H,5,7-8,13H2,1-4H3. The molecule has 22 heavy (non-hydrogen) atoms. The Morgan fingerprint density at radius 3 is 2.86 bits per heavy atom. The molecule has 0 radical (unpaired) electrons. The summed E-state index contributed by atoms with van der Waals surface area (Å²) in [5.74, 6) is 3.78. The monoisotopic (exact) mass is 312 g/mol. The number of carbonyl (C=O) groups excluding carboxylic acids is 1. The quantitative estimate of drug-likeness (QED) is 0.473. The SMILES string of the molecule is CCOC(=O)C12CC1CCc1cc(C#C[Si](C)(C)C)ccc12. The van der Waals surface area contributed by atoms with Crippen LogP contribution in [0.4, 0.5) is 0 Å². The first-order chi connectivity index (χ1) is 10.4. The summed E-state index contributed by atoms with van der Waals surface area (Å²) in [7, 11) is -1.36. The zero-order chi connectivity index (χ0) is 16.0. The molecule has 0 amide bonds. The molecule has 3 heteroatoms. The molecule has 1 fully saturated rings. The zero-order valence-electron chi connectivity index (χ0n) is 14.0. The van der Waals surface area contributed by atoms with Crippen molar-refractivity contribution < 1.29 is 9.53 Å². The van der Waals surface area contributed by atoms with E-state index in [1.165, 1.54) is 11.1 Å². The maximum absolute atomic E-state index is 12.4. The Labute approximate surface area is 134 Å². The molecule has 0 aromatic heterocycles. The molecule has 0 aliphatic heterocycles. The highest BCUT2D eigenvalue weighted by Gasteiger charge is 2.63. The first-order valence-electron chi connectivity index (χ1n) is 8.20. The summed E-state index contributed by atoms with van der Waals surface area (Å²) in [6.07, 6.45) is 3.11. The summed E-state index contributed by atoms with van der Waals surface area (Å²) in [4.78, 5) is 12.4. The van der Waals surface area contributed by atoms with E-state index in [1.54, 1.807) is 0 Å². The highest BCUT2D eigenvalue weighted by molar-refractivity contribution is 6.83. The van der Waals surface area contributed by atoms with E-state index in [9.17, 15) is 4.79 Å². The Bertz CT molecular complexity index is 675. The van der Waals surface area contributed by atoms with E-state index in [2.05, 4.69) is 49.3 Å². The van der Waals surface area contributed by atoms with Crippen LogP contribution in [-0.4, -0.2) is 20.7 Å². The van der Waals surface area contributed by atoms with Gasteiger partial charge >= 0.3 is 5.97 Å². The number of aryl methyl sites for hydroxylation is 1. The third-order valence-electron chi connectivity index (χ3n) is 4.67. The zero-order valence-corrected chi connectivity index (χ0v) is 15.0. The van der Waals surface area contributed by atoms with E-state index < -0.39 is 8.07 Å². The molecular weight excluding hydrogens is 288 g/mol. The first kappa shape index (κ1) is 15.4. The maximum Gasteiger partial charge on any atom is 0.316 e. The Morgan fingerprint density at radius 1 is 1.41 bits per heavy atom. The molecule has 2 aliphatic rings. The lowest BCUT2D eigenvalue weighted by molar-refractivity contribution is -0.146. The fourth-order valence-corrected chi connectivity index (χ4v) is 4.05. The van der Waals surface area contributed by atoms with E-state index in [-0.39, 0.29) is 11.4 Å². The van der Waals surface area contributed by atoms with Gasteiger partial charge in [0.15, 0.2) is 0 Å². The average Bonchev–Trinajstić information content (AvgIpc) is 3.20. The predicted octanol–water partition coefficient (Wildman–Crippen LogP) is 3.68. The molecule has 0 saturated heterocycles. The molecule has 116 valence electrons. The molecule has 0 heterocycles. The van der Waals surface area contributed by atoms with Crippen molar-refractivity contribution in [2.45, 2.75) is 51.2 Å². The van der Waals surface area contributed by atoms with Crippen LogP contribution in [0.25, 0.3) is 0 Å². The van der Waals surface area contributed by atoms with Crippen LogP contribution in [0.5, 0.6) is 0 Å². The number of benzene rings is 1. The number of fused-ring (bicyclic) bond motifs is 3. The summed E-state index contributed by atoms with van der Waals surface area (Å²) in [5, 5.41) is 0. The summed E-state index contributed by atoms with van der Waals surface area (Å²) >= 11 is 0. The van der Waals surface area contributed by atoms with Crippen LogP contribution in [0.15, 0.2) is 18.2 Å². The first-order valence-corrected chi connectivity index (χ1v) is 11.7. The third-order valence-corrected chi connectivity index (χ3v) is 5.55. The van der Waals surface area contributed by atoms with Gasteiger partial charge in [-0.3, -0.25) is 4.79 Å². The lowest BCUT2D eigenvalue weighted by Crippen LogP contribution is -2.29. The summed E-state index contributed by atoms with van der Waals surface area (Å²) in [6, 6.07) is 6.39. The summed E-state index contributed by atoms with van der Waals surface area (Å²) in [5.41, 5.74) is 6.65. The van der Waals surface area contributed by atoms with Crippen LogP contribution in [0.1, 0.15) is 36.5 Å². The molecule has 3 rings (SSSR count). The Kier molecular flexibility index (Phi) is 3.69. The van der Waals surface area contributed by atoms with Crippen molar-refractivity contribution >= 4 is 14.0 Å². The van der Waals surface area contributed by atoms with E-state index in [0.29, 0.717) is 12.5 Å². The highest BCUT2D eigenvalue weighted by atomic mass is 28.3. The number of carbonyl (C=O) groups is 1. The minimum absolute atomic E-state index is 0.0260. The van der Waals surface area contributed by atoms with Crippen molar-refractivity contribution in [2.24, 2.45) is 5.92 Å². The number of hydrogen-bond donors (Lipinski definition) is 0. The molecule has 0 spiro atoms. The fraction of sp³-hybridized carbons (Fsp3) is 0.526. The largest absolute Gasteiger partial charge is 0.465 e. The summed E-state index contributed by atoms with van der Waals surface area (Å²) in [6.45, 7) is 9.10. The van der Waals surface area contributed by atoms with Gasteiger partial charge in [-0.15, -0.1) is 5.54 Å². The number of rotatable bonds is 2. The van der Waals surface area contributed by atoms with Crippen LogP contribution in [0.3, 0.4) is 0 Å². The molecule has 0 N–H and O–H groups in total. The van der Waals surface area contributed by atoms with Gasteiger partial charge in [0, 0.05) is 5.56 Å². The number of hydrogen-bond acceptors (Lipinski definition) is 2. The van der Waals surface area contributed by atoms with Gasteiger partial charge in [-0.25, -0.2) is 0 Å². The fourth-order valence-electron chi connectivity index (χ4n) is 3.53. The van der Waals surface area contributed by atoms with E-state index >= 15 is 0 Å².